The number of amides is 14. The van der Waals surface area contributed by atoms with Gasteiger partial charge in [0.1, 0.15) is 72.0 Å². The van der Waals surface area contributed by atoms with Crippen LogP contribution in [0.1, 0.15) is 154 Å². The topological polar surface area (TPSA) is 613 Å². The summed E-state index contributed by atoms with van der Waals surface area (Å²) in [4.78, 5) is 213. The summed E-state index contributed by atoms with van der Waals surface area (Å²) < 4.78 is -0.809. The molecular formula is C72H102N16O25S. The number of β-lactam (4-membered cyclic amide) rings is 1. The van der Waals surface area contributed by atoms with Gasteiger partial charge in [-0.15, -0.1) is 11.8 Å². The number of hydrogen-bond acceptors (Lipinski definition) is 26. The Kier molecular flexibility index (Phi) is 34.0. The van der Waals surface area contributed by atoms with Crippen LogP contribution in [0.15, 0.2) is 48.2 Å². The molecule has 0 aromatic heterocycles. The maximum atomic E-state index is 14.5. The third-order valence-electron chi connectivity index (χ3n) is 19.6. The first-order valence-corrected chi connectivity index (χ1v) is 38.4. The second-order valence-corrected chi connectivity index (χ2v) is 30.4. The number of carbonyl (C=O) groups excluding carboxylic acids is 14. The van der Waals surface area contributed by atoms with E-state index in [9.17, 15) is 123 Å². The van der Waals surface area contributed by atoms with Gasteiger partial charge in [0.15, 0.2) is 11.5 Å². The smallest absolute Gasteiger partial charge is 0.327 e. The van der Waals surface area contributed by atoms with E-state index in [1.807, 2.05) is 0 Å². The number of aliphatic hydroxyl groups is 3. The number of aliphatic carboxylic acids is 2. The van der Waals surface area contributed by atoms with Gasteiger partial charge < -0.3 is 104 Å². The number of carboxylic acid groups (broad SMARTS) is 2. The van der Waals surface area contributed by atoms with E-state index in [1.165, 1.54) is 27.6 Å². The zero-order valence-corrected chi connectivity index (χ0v) is 63.9. The van der Waals surface area contributed by atoms with Gasteiger partial charge in [-0.25, -0.2) is 14.9 Å². The molecule has 5 heterocycles. The van der Waals surface area contributed by atoms with Crippen molar-refractivity contribution in [2.75, 3.05) is 50.8 Å². The van der Waals surface area contributed by atoms with E-state index in [0.29, 0.717) is 42.7 Å². The molecule has 2 unspecified atom stereocenters. The number of aromatic hydroxyl groups is 2. The molecule has 2 aromatic carbocycles. The molecule has 14 amide bonds. The van der Waals surface area contributed by atoms with E-state index < -0.39 is 223 Å². The lowest BCUT2D eigenvalue weighted by Crippen LogP contribution is -2.71. The largest absolute Gasteiger partial charge is 0.504 e. The molecule has 4 fully saturated rings. The predicted molar refractivity (Wildman–Crippen MR) is 399 cm³/mol. The quantitative estimate of drug-likeness (QED) is 0.00747. The fourth-order valence-electron chi connectivity index (χ4n) is 13.6. The highest BCUT2D eigenvalue weighted by Crippen LogP contribution is 2.51. The number of carbonyl (C=O) groups is 16. The Morgan fingerprint density at radius 3 is 1.91 bits per heavy atom. The van der Waals surface area contributed by atoms with Crippen LogP contribution in [0.2, 0.25) is 0 Å². The Balaban J connectivity index is 0.947. The number of hydrogen-bond donors (Lipinski definition) is 21. The van der Waals surface area contributed by atoms with Crippen molar-refractivity contribution in [3.63, 3.8) is 0 Å². The van der Waals surface area contributed by atoms with E-state index in [1.54, 1.807) is 44.2 Å². The Morgan fingerprint density at radius 2 is 1.27 bits per heavy atom. The number of nitrogens with one attached hydrogen (secondary N) is 12. The molecule has 0 saturated carbocycles. The summed E-state index contributed by atoms with van der Waals surface area (Å²) in [7, 11) is 0. The van der Waals surface area contributed by atoms with Gasteiger partial charge >= 0.3 is 11.9 Å². The van der Waals surface area contributed by atoms with Crippen LogP contribution in [0.25, 0.3) is 6.08 Å². The van der Waals surface area contributed by atoms with Crippen LogP contribution < -0.4 is 68.7 Å². The van der Waals surface area contributed by atoms with Crippen molar-refractivity contribution in [3.05, 3.63) is 59.3 Å². The molecule has 626 valence electrons. The molecule has 7 rings (SSSR count). The molecule has 41 nitrogen and oxygen atoms in total. The van der Waals surface area contributed by atoms with E-state index >= 15 is 0 Å². The Hall–Kier alpha value is -10.8. The number of benzene rings is 2. The van der Waals surface area contributed by atoms with E-state index in [0.717, 1.165) is 38.3 Å². The van der Waals surface area contributed by atoms with Crippen molar-refractivity contribution in [2.24, 2.45) is 0 Å². The van der Waals surface area contributed by atoms with Crippen molar-refractivity contribution in [1.29, 1.82) is 0 Å². The number of aliphatic hydroxyl groups excluding tert-OH is 3. The average Bonchev–Trinajstić information content (AvgIpc) is 0.966. The molecule has 0 aliphatic carbocycles. The normalized spacial score (nSPS) is 20.4. The Labute approximate surface area is 658 Å². The van der Waals surface area contributed by atoms with Crippen molar-refractivity contribution < 1.29 is 123 Å². The average molecular weight is 1620 g/mol. The van der Waals surface area contributed by atoms with Crippen LogP contribution >= 0.6 is 11.8 Å². The summed E-state index contributed by atoms with van der Waals surface area (Å²) >= 11 is 1.28. The van der Waals surface area contributed by atoms with Gasteiger partial charge in [0.05, 0.1) is 43.7 Å². The lowest BCUT2D eigenvalue weighted by Gasteiger charge is -2.47. The van der Waals surface area contributed by atoms with Crippen LogP contribution in [-0.2, 0) is 76.7 Å². The summed E-state index contributed by atoms with van der Waals surface area (Å²) in [5.41, 5.74) is 0.922. The van der Waals surface area contributed by atoms with Crippen molar-refractivity contribution >= 4 is 119 Å². The minimum Gasteiger partial charge on any atom is -0.504 e. The van der Waals surface area contributed by atoms with Crippen LogP contribution in [0.3, 0.4) is 0 Å². The van der Waals surface area contributed by atoms with Gasteiger partial charge in [-0.1, -0.05) is 62.4 Å². The lowest BCUT2D eigenvalue weighted by atomic mass is 9.95. The summed E-state index contributed by atoms with van der Waals surface area (Å²) in [6.07, 6.45) is 1.93. The zero-order chi connectivity index (χ0) is 83.7. The zero-order valence-electron chi connectivity index (χ0n) is 63.1. The monoisotopic (exact) mass is 1620 g/mol. The van der Waals surface area contributed by atoms with Crippen LogP contribution in [0, 0.1) is 0 Å². The third kappa shape index (κ3) is 25.1. The predicted octanol–water partition coefficient (Wildman–Crippen LogP) is -4.15. The first kappa shape index (κ1) is 90.4. The minimum atomic E-state index is -1.85. The summed E-state index contributed by atoms with van der Waals surface area (Å²) in [5, 5.41) is 122. The molecule has 0 bridgehead atoms. The van der Waals surface area contributed by atoms with Crippen LogP contribution in [-0.4, -0.2) is 279 Å². The highest BCUT2D eigenvalue weighted by atomic mass is 32.2. The van der Waals surface area contributed by atoms with Gasteiger partial charge in [0.25, 0.3) is 5.91 Å². The number of thioether (sulfide) groups is 1. The van der Waals surface area contributed by atoms with E-state index in [2.05, 4.69) is 63.8 Å². The van der Waals surface area contributed by atoms with Gasteiger partial charge in [-0.3, -0.25) is 87.6 Å². The van der Waals surface area contributed by atoms with E-state index in [4.69, 9.17) is 0 Å². The van der Waals surface area contributed by atoms with Gasteiger partial charge in [-0.05, 0) is 103 Å². The molecule has 42 heteroatoms. The molecule has 4 saturated heterocycles. The standard InChI is InChI=1S/C72H102N16O25S/c1-38(92)56(66(106)81-46(36-90)64(104)79-43-21-16-30-86(113)68(43)108)83-54(98)34-75-61(101)41(19-14-27-73-51(95)22-12-7-5-4-6-8-13-23-52(96)82-57(39-17-10-9-11-18-39)67(107)84-58-69(109)88-59(71(110)111)72(2,3)114-70(58)88)77-62(102)42(20-15-29-85(112)37-91)78-63(103)45(35-89)80-65(105)47-26-28-74-60-44(76-53(97)24-25-55(99)100)31-40-32-49(93)50(94)33-48(40)87(47)60/h9-11,17-18,31-33,37-38,41-43,45-47,56-60,70,74,89-90,92-94,112-113H,4-8,12-16,19-30,34-36H2,1-3H3,(H,73,95)(H,75,101)(H,76,97)(H,77,102)(H,78,103)(H,79,104)(H,80,105)(H,81,106)(H,82,96)(H,83,98)(H,84,107)(H,99,100)(H,110,111)/t38?,41-,42+,43-,45+,46-,47-,56+,57+,58+,59-,60?,70+/m0/s1. The number of carboxylic acids is 2. The van der Waals surface area contributed by atoms with Crippen molar-refractivity contribution in [3.8, 4) is 11.5 Å². The maximum Gasteiger partial charge on any atom is 0.327 e. The van der Waals surface area contributed by atoms with E-state index in [-0.39, 0.29) is 98.9 Å². The number of rotatable bonds is 45. The molecule has 5 aliphatic heterocycles. The second-order valence-electron chi connectivity index (χ2n) is 28.7. The Bertz CT molecular complexity index is 3870. The number of hydroxylamine groups is 4. The number of phenolic OH excluding ortho intramolecular Hbond substituents is 2. The molecule has 5 aliphatic rings. The molecule has 21 N–H and O–H groups in total. The number of phenols is 2. The maximum absolute atomic E-state index is 14.5. The van der Waals surface area contributed by atoms with Gasteiger partial charge in [0.2, 0.25) is 77.3 Å². The van der Waals surface area contributed by atoms with Crippen LogP contribution in [0.4, 0.5) is 5.69 Å². The van der Waals surface area contributed by atoms with Gasteiger partial charge in [-0.2, -0.15) is 0 Å². The van der Waals surface area contributed by atoms with Crippen molar-refractivity contribution in [1.82, 2.24) is 78.8 Å². The van der Waals surface area contributed by atoms with Crippen LogP contribution in [0.5, 0.6) is 11.5 Å². The second kappa shape index (κ2) is 42.9. The fraction of sp³-hybridized carbons (Fsp3) is 0.583. The first-order chi connectivity index (χ1) is 54.2. The third-order valence-corrected chi connectivity index (χ3v) is 21.2. The molecule has 0 spiro atoms. The summed E-state index contributed by atoms with van der Waals surface area (Å²) in [6.45, 7) is 1.03. The van der Waals surface area contributed by atoms with Gasteiger partial charge in [0, 0.05) is 55.3 Å². The number of piperidine rings is 1. The molecular weight excluding hydrogens is 1520 g/mol. The molecule has 2 aromatic rings. The molecule has 0 radical (unpaired) electrons. The number of fused-ring (bicyclic) bond motifs is 4. The molecule has 114 heavy (non-hydrogen) atoms. The Morgan fingerprint density at radius 1 is 0.658 bits per heavy atom. The first-order valence-electron chi connectivity index (χ1n) is 37.5. The summed E-state index contributed by atoms with van der Waals surface area (Å²) in [6, 6.07) is -3.67. The highest BCUT2D eigenvalue weighted by molar-refractivity contribution is 8.01. The SMILES string of the molecule is CC(O)[C@@H](NC(=O)CNC(=O)[C@H](CCCNC(=O)CCCCCCCCCC(=O)N[C@@H](C(=O)N[C@@H]1C(=O)N2[C@@H]1SC(C)(C)[C@@H]2C(=O)O)c1ccccc1)NC(=O)[C@@H](CCCN(O)C=O)NC(=O)[C@@H](CO)NC(=O)[C@@H]1CCNC2C(NC(=O)CCC(=O)O)=Cc3cc(O)c(O)cc3N21)C(=O)N[C@@H](CO)C(=O)N[C@H]1CCCN(O)C1=O. The van der Waals surface area contributed by atoms with Crippen molar-refractivity contribution in [2.45, 2.75) is 219 Å². The molecule has 13 atom stereocenters. The fourth-order valence-corrected chi connectivity index (χ4v) is 15.3. The number of nitrogens with zero attached hydrogens (tertiary/aromatic N) is 4. The minimum absolute atomic E-state index is 0.00247. The summed E-state index contributed by atoms with van der Waals surface area (Å²) in [5.74, 6) is -14.7. The highest BCUT2D eigenvalue weighted by Gasteiger charge is 2.64. The lowest BCUT2D eigenvalue weighted by molar-refractivity contribution is -0.173. The number of unbranched alkanes of at least 4 members (excludes halogenated alkanes) is 6. The number of anilines is 1.